The maximum Gasteiger partial charge on any atom is 0.416 e. The second kappa shape index (κ2) is 12.8. The van der Waals surface area contributed by atoms with Crippen LogP contribution in [0.4, 0.5) is 13.2 Å². The third-order valence-electron chi connectivity index (χ3n) is 9.40. The van der Waals surface area contributed by atoms with Gasteiger partial charge in [-0.2, -0.15) is 13.2 Å². The summed E-state index contributed by atoms with van der Waals surface area (Å²) < 4.78 is 40.8. The molecule has 1 saturated carbocycles. The topological polar surface area (TPSA) is 99.1 Å². The Bertz CT molecular complexity index is 1280. The number of carbonyl (C=O) groups is 3. The number of fused-ring (bicyclic) bond motifs is 1. The van der Waals surface area contributed by atoms with Gasteiger partial charge in [0.1, 0.15) is 5.71 Å². The summed E-state index contributed by atoms with van der Waals surface area (Å²) in [5.41, 5.74) is 1.36. The molecule has 1 fully saturated rings. The molecule has 0 aromatic carbocycles. The highest BCUT2D eigenvalue weighted by atomic mass is 19.4. The molecule has 2 N–H and O–H groups in total. The van der Waals surface area contributed by atoms with Crippen LogP contribution in [-0.2, 0) is 14.4 Å². The zero-order chi connectivity index (χ0) is 31.7. The van der Waals surface area contributed by atoms with E-state index in [4.69, 9.17) is 10.1 Å². The Hall–Kier alpha value is -3.17. The molecule has 4 unspecified atom stereocenters. The number of carbonyl (C=O) groups excluding carboxylic acids is 2. The van der Waals surface area contributed by atoms with Crippen molar-refractivity contribution in [1.82, 2.24) is 10.2 Å². The van der Waals surface area contributed by atoms with E-state index in [1.54, 1.807) is 13.0 Å². The van der Waals surface area contributed by atoms with E-state index in [-0.39, 0.29) is 53.9 Å². The fourth-order valence-corrected chi connectivity index (χ4v) is 6.88. The standard InChI is InChI=1S/C33H44F3N3O4/c1-19(17-28(40)41)37-30(42)22-11-9-21(10-12-22)20(2)39-27-16-14-24(32(3,4)5)13-15-26(27)38-29(31(39)43)23-7-6-8-25(18-23)33(34,35)36/h8-9,11,18-20,24,26-27H,6-7,10,12-17H2,1-5H3,(H,37,42)(H,40,41)/t19?,20-,24?,26?,27?/m1/s1. The first-order valence-corrected chi connectivity index (χ1v) is 15.4. The highest BCUT2D eigenvalue weighted by molar-refractivity contribution is 6.46. The maximum absolute atomic E-state index is 14.2. The van der Waals surface area contributed by atoms with E-state index in [2.05, 4.69) is 26.1 Å². The highest BCUT2D eigenvalue weighted by Crippen LogP contribution is 2.42. The fraction of sp³-hybridized carbons (Fsp3) is 0.636. The Morgan fingerprint density at radius 3 is 2.37 bits per heavy atom. The van der Waals surface area contributed by atoms with Gasteiger partial charge in [-0.3, -0.25) is 19.4 Å². The number of hydrogen-bond donors (Lipinski definition) is 2. The van der Waals surface area contributed by atoms with Crippen molar-refractivity contribution in [1.29, 1.82) is 0 Å². The third-order valence-corrected chi connectivity index (χ3v) is 9.40. The number of allylic oxidation sites excluding steroid dienone is 5. The lowest BCUT2D eigenvalue weighted by Gasteiger charge is -2.44. The zero-order valence-corrected chi connectivity index (χ0v) is 25.8. The van der Waals surface area contributed by atoms with Crippen LogP contribution in [0, 0.1) is 11.3 Å². The van der Waals surface area contributed by atoms with E-state index in [9.17, 15) is 27.6 Å². The van der Waals surface area contributed by atoms with E-state index in [1.165, 1.54) is 6.08 Å². The molecule has 4 rings (SSSR count). The van der Waals surface area contributed by atoms with Gasteiger partial charge in [0, 0.05) is 11.6 Å². The summed E-state index contributed by atoms with van der Waals surface area (Å²) in [6.45, 7) is 10.3. The average molecular weight is 604 g/mol. The minimum absolute atomic E-state index is 0.0917. The van der Waals surface area contributed by atoms with Gasteiger partial charge >= 0.3 is 12.1 Å². The monoisotopic (exact) mass is 603 g/mol. The van der Waals surface area contributed by atoms with Crippen LogP contribution in [0.25, 0.3) is 0 Å². The van der Waals surface area contributed by atoms with Crippen LogP contribution in [0.3, 0.4) is 0 Å². The van der Waals surface area contributed by atoms with Gasteiger partial charge in [-0.25, -0.2) is 0 Å². The maximum atomic E-state index is 14.2. The molecule has 5 atom stereocenters. The Labute approximate surface area is 252 Å². The molecule has 0 aromatic heterocycles. The highest BCUT2D eigenvalue weighted by Gasteiger charge is 2.45. The molecule has 4 aliphatic rings. The quantitative estimate of drug-likeness (QED) is 0.349. The number of amides is 2. The average Bonchev–Trinajstić information content (AvgIpc) is 3.14. The van der Waals surface area contributed by atoms with Gasteiger partial charge < -0.3 is 15.3 Å². The molecule has 2 amide bonds. The first-order valence-electron chi connectivity index (χ1n) is 15.4. The number of nitrogens with one attached hydrogen (secondary N) is 1. The Kier molecular flexibility index (Phi) is 9.76. The van der Waals surface area contributed by atoms with Crippen molar-refractivity contribution in [3.05, 3.63) is 46.6 Å². The predicted octanol–water partition coefficient (Wildman–Crippen LogP) is 6.47. The molecule has 7 nitrogen and oxygen atoms in total. The molecule has 0 spiro atoms. The lowest BCUT2D eigenvalue weighted by Crippen LogP contribution is -2.57. The van der Waals surface area contributed by atoms with Gasteiger partial charge in [-0.05, 0) is 93.8 Å². The molecule has 1 heterocycles. The van der Waals surface area contributed by atoms with E-state index >= 15 is 0 Å². The van der Waals surface area contributed by atoms with Gasteiger partial charge in [-0.15, -0.1) is 0 Å². The fourth-order valence-electron chi connectivity index (χ4n) is 6.88. The van der Waals surface area contributed by atoms with Gasteiger partial charge in [0.25, 0.3) is 5.91 Å². The number of hydrogen-bond acceptors (Lipinski definition) is 4. The van der Waals surface area contributed by atoms with Crippen molar-refractivity contribution in [2.75, 3.05) is 0 Å². The van der Waals surface area contributed by atoms with Crippen molar-refractivity contribution in [3.63, 3.8) is 0 Å². The minimum atomic E-state index is -4.49. The summed E-state index contributed by atoms with van der Waals surface area (Å²) in [5.74, 6) is -1.18. The van der Waals surface area contributed by atoms with Gasteiger partial charge in [0.2, 0.25) is 5.91 Å². The predicted molar refractivity (Wildman–Crippen MR) is 159 cm³/mol. The van der Waals surface area contributed by atoms with Crippen LogP contribution in [-0.4, -0.2) is 63.8 Å². The van der Waals surface area contributed by atoms with E-state index in [1.807, 2.05) is 17.9 Å². The van der Waals surface area contributed by atoms with Gasteiger partial charge in [-0.1, -0.05) is 39.0 Å². The first kappa shape index (κ1) is 32.7. The van der Waals surface area contributed by atoms with E-state index in [0.717, 1.165) is 37.3 Å². The van der Waals surface area contributed by atoms with Crippen LogP contribution in [0.1, 0.15) is 92.4 Å². The first-order chi connectivity index (χ1) is 20.1. The van der Waals surface area contributed by atoms with Crippen molar-refractivity contribution in [2.45, 2.75) is 123 Å². The normalized spacial score (nSPS) is 26.5. The number of aliphatic carboxylic acids is 1. The Morgan fingerprint density at radius 2 is 1.77 bits per heavy atom. The zero-order valence-electron chi connectivity index (χ0n) is 25.8. The molecule has 0 aromatic rings. The summed E-state index contributed by atoms with van der Waals surface area (Å²) in [4.78, 5) is 44.6. The number of nitrogens with zero attached hydrogens (tertiary/aromatic N) is 2. The van der Waals surface area contributed by atoms with Crippen LogP contribution in [0.2, 0.25) is 0 Å². The summed E-state index contributed by atoms with van der Waals surface area (Å²) in [7, 11) is 0. The molecule has 0 saturated heterocycles. The molecule has 0 bridgehead atoms. The SMILES string of the molecule is CC(CC(=O)O)NC(=O)C1=CC=C([C@@H](C)N2C(=O)C(C3=CC(C(F)(F)F)=CCC3)=NC3CCC(C(C)(C)C)CCC32)CC1. The van der Waals surface area contributed by atoms with Crippen LogP contribution < -0.4 is 5.32 Å². The summed E-state index contributed by atoms with van der Waals surface area (Å²) in [6, 6.07) is -1.19. The van der Waals surface area contributed by atoms with E-state index < -0.39 is 23.8 Å². The molecule has 236 valence electrons. The molecule has 0 radical (unpaired) electrons. The number of carboxylic acids is 1. The smallest absolute Gasteiger partial charge is 0.416 e. The summed E-state index contributed by atoms with van der Waals surface area (Å²) >= 11 is 0. The van der Waals surface area contributed by atoms with Crippen LogP contribution in [0.15, 0.2) is 51.6 Å². The lowest BCUT2D eigenvalue weighted by molar-refractivity contribution is -0.137. The Morgan fingerprint density at radius 1 is 1.07 bits per heavy atom. The number of rotatable bonds is 7. The second-order valence-corrected chi connectivity index (χ2v) is 13.5. The molecule has 10 heteroatoms. The van der Waals surface area contributed by atoms with Crippen molar-refractivity contribution >= 4 is 23.5 Å². The Balaban J connectivity index is 1.64. The third kappa shape index (κ3) is 7.68. The van der Waals surface area contributed by atoms with Crippen LogP contribution >= 0.6 is 0 Å². The van der Waals surface area contributed by atoms with Crippen LogP contribution in [0.5, 0.6) is 0 Å². The number of carboxylic acid groups (broad SMARTS) is 1. The number of alkyl halides is 3. The van der Waals surface area contributed by atoms with Crippen molar-refractivity contribution in [2.24, 2.45) is 16.3 Å². The lowest BCUT2D eigenvalue weighted by atomic mass is 9.76. The minimum Gasteiger partial charge on any atom is -0.481 e. The number of halogens is 3. The molecular weight excluding hydrogens is 559 g/mol. The number of aliphatic imine (C=N–C) groups is 1. The molecule has 1 aliphatic heterocycles. The van der Waals surface area contributed by atoms with Gasteiger partial charge in [0.15, 0.2) is 0 Å². The second-order valence-electron chi connectivity index (χ2n) is 13.5. The van der Waals surface area contributed by atoms with Crippen molar-refractivity contribution < 1.29 is 32.7 Å². The van der Waals surface area contributed by atoms with Gasteiger partial charge in [0.05, 0.1) is 30.1 Å². The molecule has 43 heavy (non-hydrogen) atoms. The summed E-state index contributed by atoms with van der Waals surface area (Å²) in [6.07, 6.45) is 6.12. The van der Waals surface area contributed by atoms with E-state index in [0.29, 0.717) is 36.3 Å². The molecule has 3 aliphatic carbocycles. The van der Waals surface area contributed by atoms with Crippen molar-refractivity contribution in [3.8, 4) is 0 Å². The summed E-state index contributed by atoms with van der Waals surface area (Å²) in [5, 5.41) is 11.7. The molecular formula is C33H44F3N3O4. The largest absolute Gasteiger partial charge is 0.481 e.